The Morgan fingerprint density at radius 2 is 1.59 bits per heavy atom. The van der Waals surface area contributed by atoms with E-state index in [-0.39, 0.29) is 41.5 Å². The van der Waals surface area contributed by atoms with Gasteiger partial charge in [0, 0.05) is 38.2 Å². The van der Waals surface area contributed by atoms with Gasteiger partial charge in [-0.3, -0.25) is 25.0 Å². The van der Waals surface area contributed by atoms with Crippen LogP contribution in [0.1, 0.15) is 109 Å². The third-order valence-electron chi connectivity index (χ3n) is 8.15. The Hall–Kier alpha value is -4.01. The zero-order valence-corrected chi connectivity index (χ0v) is 28.7. The van der Waals surface area contributed by atoms with E-state index in [0.717, 1.165) is 19.5 Å². The lowest BCUT2D eigenvalue weighted by atomic mass is 9.89. The first-order chi connectivity index (χ1) is 21.8. The van der Waals surface area contributed by atoms with E-state index in [4.69, 9.17) is 0 Å². The maximum atomic E-state index is 13.9. The summed E-state index contributed by atoms with van der Waals surface area (Å²) in [6.45, 7) is 20.3. The van der Waals surface area contributed by atoms with Gasteiger partial charge in [0.05, 0.1) is 12.0 Å². The third kappa shape index (κ3) is 11.7. The van der Waals surface area contributed by atoms with E-state index < -0.39 is 5.92 Å². The van der Waals surface area contributed by atoms with E-state index in [0.29, 0.717) is 36.9 Å². The van der Waals surface area contributed by atoms with Crippen molar-refractivity contribution in [2.45, 2.75) is 105 Å². The maximum absolute atomic E-state index is 13.9. The molecule has 3 aliphatic heterocycles. The highest BCUT2D eigenvalue weighted by Crippen LogP contribution is 2.28. The quantitative estimate of drug-likeness (QED) is 0.255. The first-order valence-corrected chi connectivity index (χ1v) is 16.5. The summed E-state index contributed by atoms with van der Waals surface area (Å²) < 4.78 is 13.9. The standard InChI is InChI=1S/C14H16FNO2.C14H17N3O2.C5H10.C4H10/c1-8(2)10-4-3-9(7-12(10)15)11-5-6-13(17)16-14(11)18;1-10-3-2-4-11(7-10)16-8-12(9-16)17-6-5-13(18)15-14(17)19;1-4-5(2)3;1-3-4-2/h3-4,7-8,11H,5-6H2,1-2H3,(H,16,17,18);2-4,7,12H,5-6,8-9H2,1H3,(H,15,18,19);2,4H2,1,3H3;3-4H2,1-2H3. The number of imide groups is 2. The number of urea groups is 1. The van der Waals surface area contributed by atoms with Crippen LogP contribution in [0, 0.1) is 12.7 Å². The van der Waals surface area contributed by atoms with Crippen LogP contribution in [-0.4, -0.2) is 54.3 Å². The molecule has 9 heteroatoms. The van der Waals surface area contributed by atoms with Crippen LogP contribution in [0.25, 0.3) is 0 Å². The molecule has 2 aromatic carbocycles. The predicted molar refractivity (Wildman–Crippen MR) is 183 cm³/mol. The summed E-state index contributed by atoms with van der Waals surface area (Å²) in [4.78, 5) is 49.6. The fraction of sp³-hybridized carbons (Fsp3) is 0.514. The number of anilines is 1. The molecule has 0 spiro atoms. The normalized spacial score (nSPS) is 17.7. The van der Waals surface area contributed by atoms with Crippen LogP contribution in [0.15, 0.2) is 54.6 Å². The van der Waals surface area contributed by atoms with Gasteiger partial charge in [-0.05, 0) is 67.5 Å². The van der Waals surface area contributed by atoms with Gasteiger partial charge in [-0.2, -0.15) is 0 Å². The summed E-state index contributed by atoms with van der Waals surface area (Å²) in [5.41, 5.74) is 4.98. The van der Waals surface area contributed by atoms with E-state index >= 15 is 0 Å². The number of carbonyl (C=O) groups is 4. The average Bonchev–Trinajstić information content (AvgIpc) is 2.98. The first kappa shape index (κ1) is 38.2. The second kappa shape index (κ2) is 18.8. The largest absolute Gasteiger partial charge is 0.367 e. The summed E-state index contributed by atoms with van der Waals surface area (Å²) in [5, 5.41) is 4.66. The predicted octanol–water partition coefficient (Wildman–Crippen LogP) is 7.37. The fourth-order valence-corrected chi connectivity index (χ4v) is 4.85. The molecule has 3 saturated heterocycles. The number of halogens is 1. The van der Waals surface area contributed by atoms with E-state index in [1.54, 1.807) is 17.0 Å². The molecular formula is C37H53FN4O4. The van der Waals surface area contributed by atoms with Gasteiger partial charge >= 0.3 is 6.03 Å². The van der Waals surface area contributed by atoms with Crippen molar-refractivity contribution >= 4 is 29.4 Å². The van der Waals surface area contributed by atoms with Gasteiger partial charge in [-0.15, -0.1) is 6.58 Å². The number of nitrogens with one attached hydrogen (secondary N) is 2. The van der Waals surface area contributed by atoms with E-state index in [2.05, 4.69) is 68.0 Å². The number of piperidine rings is 1. The van der Waals surface area contributed by atoms with Gasteiger partial charge in [0.25, 0.3) is 0 Å². The minimum Gasteiger partial charge on any atom is -0.367 e. The van der Waals surface area contributed by atoms with Crippen LogP contribution < -0.4 is 15.5 Å². The van der Waals surface area contributed by atoms with Gasteiger partial charge in [0.2, 0.25) is 17.7 Å². The molecule has 2 N–H and O–H groups in total. The molecule has 3 heterocycles. The zero-order valence-electron chi connectivity index (χ0n) is 28.7. The molecule has 2 aromatic rings. The molecule has 0 radical (unpaired) electrons. The number of rotatable bonds is 6. The van der Waals surface area contributed by atoms with Crippen molar-refractivity contribution in [3.05, 3.63) is 77.1 Å². The highest BCUT2D eigenvalue weighted by atomic mass is 19.1. The number of hydrogen-bond acceptors (Lipinski definition) is 5. The molecule has 46 heavy (non-hydrogen) atoms. The number of unbranched alkanes of at least 4 members (excludes halogenated alkanes) is 1. The highest BCUT2D eigenvalue weighted by molar-refractivity contribution is 6.01. The second-order valence-electron chi connectivity index (χ2n) is 12.4. The molecule has 5 amide bonds. The summed E-state index contributed by atoms with van der Waals surface area (Å²) in [6.07, 6.45) is 4.92. The number of nitrogens with zero attached hydrogens (tertiary/aromatic N) is 2. The molecule has 5 rings (SSSR count). The van der Waals surface area contributed by atoms with Crippen LogP contribution in [-0.2, 0) is 14.4 Å². The maximum Gasteiger partial charge on any atom is 0.324 e. The van der Waals surface area contributed by atoms with E-state index in [1.165, 1.54) is 35.7 Å². The minimum atomic E-state index is -0.418. The van der Waals surface area contributed by atoms with Crippen molar-refractivity contribution < 1.29 is 23.6 Å². The lowest BCUT2D eigenvalue weighted by molar-refractivity contribution is -0.134. The van der Waals surface area contributed by atoms with E-state index in [9.17, 15) is 23.6 Å². The van der Waals surface area contributed by atoms with Crippen molar-refractivity contribution in [2.75, 3.05) is 24.5 Å². The SMILES string of the molecule is C=C(C)CC.CC(C)c1ccc(C2CCC(=O)NC2=O)cc1F.CCCC.Cc1cccc(N2CC(N3CCC(=O)NC3=O)C2)c1. The molecule has 1 atom stereocenters. The number of benzene rings is 2. The number of amides is 5. The van der Waals surface area contributed by atoms with Crippen molar-refractivity contribution in [1.29, 1.82) is 0 Å². The van der Waals surface area contributed by atoms with Crippen LogP contribution in [0.4, 0.5) is 14.9 Å². The smallest absolute Gasteiger partial charge is 0.324 e. The lowest BCUT2D eigenvalue weighted by Gasteiger charge is -2.47. The van der Waals surface area contributed by atoms with Gasteiger partial charge in [0.15, 0.2) is 0 Å². The summed E-state index contributed by atoms with van der Waals surface area (Å²) >= 11 is 0. The van der Waals surface area contributed by atoms with Crippen LogP contribution in [0.5, 0.6) is 0 Å². The molecule has 0 bridgehead atoms. The second-order valence-corrected chi connectivity index (χ2v) is 12.4. The van der Waals surface area contributed by atoms with Crippen molar-refractivity contribution in [1.82, 2.24) is 15.5 Å². The first-order valence-electron chi connectivity index (χ1n) is 16.5. The molecular weight excluding hydrogens is 583 g/mol. The zero-order chi connectivity index (χ0) is 34.4. The molecule has 252 valence electrons. The molecule has 1 unspecified atom stereocenters. The van der Waals surface area contributed by atoms with Crippen LogP contribution in [0.2, 0.25) is 0 Å². The van der Waals surface area contributed by atoms with Gasteiger partial charge in [-0.25, -0.2) is 9.18 Å². The molecule has 0 saturated carbocycles. The van der Waals surface area contributed by atoms with E-state index in [1.807, 2.05) is 26.8 Å². The number of allylic oxidation sites excluding steroid dienone is 1. The van der Waals surface area contributed by atoms with Crippen molar-refractivity contribution in [2.24, 2.45) is 0 Å². The lowest BCUT2D eigenvalue weighted by Crippen LogP contribution is -2.65. The monoisotopic (exact) mass is 636 g/mol. The number of aryl methyl sites for hydroxylation is 1. The average molecular weight is 637 g/mol. The summed E-state index contributed by atoms with van der Waals surface area (Å²) in [7, 11) is 0. The van der Waals surface area contributed by atoms with Gasteiger partial charge in [-0.1, -0.05) is 77.3 Å². The Kier molecular flexibility index (Phi) is 15.6. The minimum absolute atomic E-state index is 0.112. The molecule has 0 aromatic heterocycles. The van der Waals surface area contributed by atoms with Gasteiger partial charge in [0.1, 0.15) is 5.82 Å². The molecule has 3 fully saturated rings. The Morgan fingerprint density at radius 3 is 2.09 bits per heavy atom. The summed E-state index contributed by atoms with van der Waals surface area (Å²) in [6, 6.07) is 13.2. The molecule has 3 aliphatic rings. The Morgan fingerprint density at radius 1 is 0.957 bits per heavy atom. The van der Waals surface area contributed by atoms with Crippen LogP contribution >= 0.6 is 0 Å². The fourth-order valence-electron chi connectivity index (χ4n) is 4.85. The Bertz CT molecular complexity index is 1350. The highest BCUT2D eigenvalue weighted by Gasteiger charge is 2.37. The number of carbonyl (C=O) groups excluding carboxylic acids is 4. The van der Waals surface area contributed by atoms with Crippen molar-refractivity contribution in [3.63, 3.8) is 0 Å². The third-order valence-corrected chi connectivity index (χ3v) is 8.15. The Labute approximate surface area is 274 Å². The molecule has 0 aliphatic carbocycles. The van der Waals surface area contributed by atoms with Gasteiger partial charge < -0.3 is 9.80 Å². The molecule has 8 nitrogen and oxygen atoms in total. The summed E-state index contributed by atoms with van der Waals surface area (Å²) in [5.74, 6) is -1.35. The topological polar surface area (TPSA) is 98.8 Å². The van der Waals surface area contributed by atoms with Crippen LogP contribution in [0.3, 0.4) is 0 Å². The Balaban J connectivity index is 0.000000255. The number of hydrogen-bond donors (Lipinski definition) is 2. The van der Waals surface area contributed by atoms with Crippen molar-refractivity contribution in [3.8, 4) is 0 Å².